The Labute approximate surface area is 170 Å². The molecule has 2 fully saturated rings. The lowest BCUT2D eigenvalue weighted by Crippen LogP contribution is -2.50. The standard InChI is InChI=1S/C24H25NO4/c26-23(27)22-13-15-7-1-6-12-21(15)25(22)24(28)29-14-20-18-10-4-2-8-16(18)17-9-3-5-11-19(17)20/h2-5,8-11,15,20-22H,1,6-7,12-14H2,(H,26,27)/p-1/t15-,21+,22+/m1/s1. The van der Waals surface area contributed by atoms with Crippen LogP contribution < -0.4 is 5.11 Å². The summed E-state index contributed by atoms with van der Waals surface area (Å²) in [5, 5.41) is 11.7. The van der Waals surface area contributed by atoms with E-state index in [9.17, 15) is 14.7 Å². The van der Waals surface area contributed by atoms with Crippen LogP contribution in [0.3, 0.4) is 0 Å². The number of aliphatic carboxylic acids is 1. The van der Waals surface area contributed by atoms with Gasteiger partial charge in [0.05, 0.1) is 12.0 Å². The van der Waals surface area contributed by atoms with Gasteiger partial charge in [0.25, 0.3) is 0 Å². The monoisotopic (exact) mass is 390 g/mol. The molecule has 2 aliphatic carbocycles. The summed E-state index contributed by atoms with van der Waals surface area (Å²) in [5.41, 5.74) is 4.64. The van der Waals surface area contributed by atoms with E-state index in [4.69, 9.17) is 4.74 Å². The first-order chi connectivity index (χ1) is 14.1. The molecular weight excluding hydrogens is 366 g/mol. The van der Waals surface area contributed by atoms with Crippen molar-refractivity contribution < 1.29 is 19.4 Å². The van der Waals surface area contributed by atoms with Crippen LogP contribution in [-0.4, -0.2) is 35.7 Å². The molecule has 150 valence electrons. The molecule has 1 saturated heterocycles. The lowest BCUT2D eigenvalue weighted by molar-refractivity contribution is -0.310. The second-order valence-corrected chi connectivity index (χ2v) is 8.39. The van der Waals surface area contributed by atoms with Gasteiger partial charge in [0.1, 0.15) is 6.61 Å². The fourth-order valence-electron chi connectivity index (χ4n) is 5.60. The zero-order valence-electron chi connectivity index (χ0n) is 16.3. The predicted molar refractivity (Wildman–Crippen MR) is 106 cm³/mol. The largest absolute Gasteiger partial charge is 0.548 e. The molecule has 0 radical (unpaired) electrons. The van der Waals surface area contributed by atoms with Crippen molar-refractivity contribution in [2.75, 3.05) is 6.61 Å². The number of carboxylic acids is 1. The van der Waals surface area contributed by atoms with E-state index in [1.807, 2.05) is 24.3 Å². The van der Waals surface area contributed by atoms with Crippen molar-refractivity contribution in [1.29, 1.82) is 0 Å². The number of hydrogen-bond acceptors (Lipinski definition) is 4. The smallest absolute Gasteiger partial charge is 0.410 e. The molecule has 5 rings (SSSR count). The molecule has 3 atom stereocenters. The van der Waals surface area contributed by atoms with Gasteiger partial charge in [0, 0.05) is 12.0 Å². The Morgan fingerprint density at radius 1 is 0.966 bits per heavy atom. The Balaban J connectivity index is 1.37. The molecule has 5 nitrogen and oxygen atoms in total. The normalized spacial score (nSPS) is 25.2. The third kappa shape index (κ3) is 3.00. The maximum absolute atomic E-state index is 13.0. The average Bonchev–Trinajstić information content (AvgIpc) is 3.29. The van der Waals surface area contributed by atoms with Crippen molar-refractivity contribution in [2.45, 2.75) is 50.1 Å². The topological polar surface area (TPSA) is 69.7 Å². The Morgan fingerprint density at radius 2 is 1.59 bits per heavy atom. The first kappa shape index (κ1) is 18.2. The van der Waals surface area contributed by atoms with Crippen molar-refractivity contribution in [2.24, 2.45) is 5.92 Å². The fourth-order valence-corrected chi connectivity index (χ4v) is 5.60. The van der Waals surface area contributed by atoms with Crippen LogP contribution in [0, 0.1) is 5.92 Å². The minimum Gasteiger partial charge on any atom is -0.548 e. The van der Waals surface area contributed by atoms with Gasteiger partial charge in [-0.25, -0.2) is 4.79 Å². The number of carbonyl (C=O) groups is 2. The summed E-state index contributed by atoms with van der Waals surface area (Å²) in [6.45, 7) is 0.209. The molecule has 1 heterocycles. The summed E-state index contributed by atoms with van der Waals surface area (Å²) in [4.78, 5) is 26.2. The molecule has 1 aliphatic heterocycles. The van der Waals surface area contributed by atoms with Crippen LogP contribution in [0.1, 0.15) is 49.1 Å². The number of hydrogen-bond donors (Lipinski definition) is 0. The molecule has 0 spiro atoms. The third-order valence-electron chi connectivity index (χ3n) is 6.91. The lowest BCUT2D eigenvalue weighted by Gasteiger charge is -2.33. The van der Waals surface area contributed by atoms with E-state index in [0.29, 0.717) is 6.42 Å². The predicted octanol–water partition coefficient (Wildman–Crippen LogP) is 3.32. The first-order valence-corrected chi connectivity index (χ1v) is 10.5. The van der Waals surface area contributed by atoms with Gasteiger partial charge in [0.2, 0.25) is 0 Å². The van der Waals surface area contributed by atoms with Crippen molar-refractivity contribution in [3.05, 3.63) is 59.7 Å². The molecule has 1 amide bonds. The van der Waals surface area contributed by atoms with Crippen LogP contribution >= 0.6 is 0 Å². The summed E-state index contributed by atoms with van der Waals surface area (Å²) in [5.74, 6) is -0.961. The molecule has 1 saturated carbocycles. The van der Waals surface area contributed by atoms with Gasteiger partial charge in [-0.05, 0) is 47.4 Å². The zero-order valence-corrected chi connectivity index (χ0v) is 16.3. The minimum absolute atomic E-state index is 0.0301. The number of likely N-dealkylation sites (tertiary alicyclic amines) is 1. The van der Waals surface area contributed by atoms with Gasteiger partial charge in [-0.3, -0.25) is 4.90 Å². The number of benzene rings is 2. The highest BCUT2D eigenvalue weighted by Crippen LogP contribution is 2.45. The van der Waals surface area contributed by atoms with E-state index >= 15 is 0 Å². The van der Waals surface area contributed by atoms with E-state index < -0.39 is 18.1 Å². The molecule has 0 unspecified atom stereocenters. The van der Waals surface area contributed by atoms with E-state index in [0.717, 1.165) is 36.8 Å². The van der Waals surface area contributed by atoms with Crippen LogP contribution in [0.2, 0.25) is 0 Å². The molecule has 5 heteroatoms. The molecule has 2 aromatic rings. The van der Waals surface area contributed by atoms with Crippen LogP contribution in [0.15, 0.2) is 48.5 Å². The molecule has 3 aliphatic rings. The van der Waals surface area contributed by atoms with E-state index in [2.05, 4.69) is 24.3 Å². The van der Waals surface area contributed by atoms with Crippen LogP contribution in [-0.2, 0) is 9.53 Å². The van der Waals surface area contributed by atoms with E-state index in [1.54, 1.807) is 0 Å². The number of rotatable bonds is 3. The van der Waals surface area contributed by atoms with Gasteiger partial charge >= 0.3 is 6.09 Å². The van der Waals surface area contributed by atoms with Gasteiger partial charge in [-0.2, -0.15) is 0 Å². The molecular formula is C24H24NO4-. The number of amides is 1. The van der Waals surface area contributed by atoms with E-state index in [-0.39, 0.29) is 24.5 Å². The maximum atomic E-state index is 13.0. The van der Waals surface area contributed by atoms with Crippen LogP contribution in [0.4, 0.5) is 4.79 Å². The summed E-state index contributed by atoms with van der Waals surface area (Å²) in [6, 6.07) is 15.4. The minimum atomic E-state index is -1.17. The van der Waals surface area contributed by atoms with Gasteiger partial charge < -0.3 is 14.6 Å². The highest BCUT2D eigenvalue weighted by atomic mass is 16.6. The zero-order chi connectivity index (χ0) is 20.0. The second kappa shape index (κ2) is 7.21. The van der Waals surface area contributed by atoms with Crippen molar-refractivity contribution in [3.8, 4) is 11.1 Å². The maximum Gasteiger partial charge on any atom is 0.410 e. The average molecular weight is 390 g/mol. The van der Waals surface area contributed by atoms with Gasteiger partial charge in [-0.1, -0.05) is 61.4 Å². The number of fused-ring (bicyclic) bond motifs is 4. The van der Waals surface area contributed by atoms with Gasteiger partial charge in [0.15, 0.2) is 0 Å². The lowest BCUT2D eigenvalue weighted by atomic mass is 9.85. The Bertz CT molecular complexity index is 910. The molecule has 29 heavy (non-hydrogen) atoms. The van der Waals surface area contributed by atoms with E-state index in [1.165, 1.54) is 16.0 Å². The Morgan fingerprint density at radius 3 is 2.24 bits per heavy atom. The molecule has 0 aromatic heterocycles. The number of carbonyl (C=O) groups excluding carboxylic acids is 2. The van der Waals surface area contributed by atoms with Gasteiger partial charge in [-0.15, -0.1) is 0 Å². The van der Waals surface area contributed by atoms with Crippen molar-refractivity contribution in [1.82, 2.24) is 4.90 Å². The Hall–Kier alpha value is -2.82. The highest BCUT2D eigenvalue weighted by molar-refractivity contribution is 5.81. The molecule has 0 bridgehead atoms. The van der Waals surface area contributed by atoms with Crippen molar-refractivity contribution in [3.63, 3.8) is 0 Å². The SMILES string of the molecule is O=C([O-])[C@@H]1C[C@H]2CCCC[C@@H]2N1C(=O)OCC1c2ccccc2-c2ccccc21. The quantitative estimate of drug-likeness (QED) is 0.806. The highest BCUT2D eigenvalue weighted by Gasteiger charge is 2.46. The summed E-state index contributed by atoms with van der Waals surface area (Å²) in [6.07, 6.45) is 3.90. The second-order valence-electron chi connectivity index (χ2n) is 8.39. The Kier molecular flexibility index (Phi) is 4.53. The number of nitrogens with zero attached hydrogens (tertiary/aromatic N) is 1. The fraction of sp³-hybridized carbons (Fsp3) is 0.417. The summed E-state index contributed by atoms with van der Waals surface area (Å²) in [7, 11) is 0. The number of ether oxygens (including phenoxy) is 1. The summed E-state index contributed by atoms with van der Waals surface area (Å²) >= 11 is 0. The van der Waals surface area contributed by atoms with Crippen LogP contribution in [0.5, 0.6) is 0 Å². The van der Waals surface area contributed by atoms with Crippen LogP contribution in [0.25, 0.3) is 11.1 Å². The first-order valence-electron chi connectivity index (χ1n) is 10.5. The third-order valence-corrected chi connectivity index (χ3v) is 6.91. The summed E-state index contributed by atoms with van der Waals surface area (Å²) < 4.78 is 5.75. The van der Waals surface area contributed by atoms with Crippen molar-refractivity contribution >= 4 is 12.1 Å². The molecule has 2 aromatic carbocycles. The molecule has 0 N–H and O–H groups in total. The number of carboxylic acid groups (broad SMARTS) is 1.